The molecule has 1 aromatic heterocycles. The molecular formula is C10H18N4O2. The van der Waals surface area contributed by atoms with Crippen LogP contribution in [-0.4, -0.2) is 33.4 Å². The van der Waals surface area contributed by atoms with Gasteiger partial charge in [-0.15, -0.1) is 10.2 Å². The summed E-state index contributed by atoms with van der Waals surface area (Å²) in [5, 5.41) is 19.3. The van der Waals surface area contributed by atoms with Gasteiger partial charge in [0.1, 0.15) is 5.69 Å². The topological polar surface area (TPSA) is 90.9 Å². The van der Waals surface area contributed by atoms with Crippen LogP contribution in [0.2, 0.25) is 0 Å². The molecular weight excluding hydrogens is 208 g/mol. The maximum Gasteiger partial charge on any atom is 0.274 e. The fourth-order valence-corrected chi connectivity index (χ4v) is 1.19. The molecule has 3 N–H and O–H groups in total. The highest BCUT2D eigenvalue weighted by Crippen LogP contribution is 2.15. The summed E-state index contributed by atoms with van der Waals surface area (Å²) in [5.74, 6) is 0.339. The Morgan fingerprint density at radius 3 is 2.56 bits per heavy atom. The maximum absolute atomic E-state index is 11.7. The van der Waals surface area contributed by atoms with Gasteiger partial charge in [-0.3, -0.25) is 9.78 Å². The van der Waals surface area contributed by atoms with Gasteiger partial charge in [-0.05, 0) is 6.42 Å². The molecule has 0 aliphatic heterocycles. The van der Waals surface area contributed by atoms with Crippen LogP contribution in [0.15, 0.2) is 4.79 Å². The molecule has 16 heavy (non-hydrogen) atoms. The minimum absolute atomic E-state index is 0.102. The third-order valence-corrected chi connectivity index (χ3v) is 2.03. The van der Waals surface area contributed by atoms with Crippen molar-refractivity contribution in [3.63, 3.8) is 0 Å². The second kappa shape index (κ2) is 5.07. The lowest BCUT2D eigenvalue weighted by Crippen LogP contribution is -2.28. The average molecular weight is 226 g/mol. The first kappa shape index (κ1) is 12.6. The predicted molar refractivity (Wildman–Crippen MR) is 61.5 cm³/mol. The molecule has 0 amide bonds. The highest BCUT2D eigenvalue weighted by Gasteiger charge is 2.20. The zero-order valence-corrected chi connectivity index (χ0v) is 9.87. The second-order valence-corrected chi connectivity index (χ2v) is 4.61. The van der Waals surface area contributed by atoms with E-state index in [0.717, 1.165) is 0 Å². The van der Waals surface area contributed by atoms with Gasteiger partial charge in [-0.1, -0.05) is 20.8 Å². The number of aliphatic hydroxyl groups excluding tert-OH is 1. The van der Waals surface area contributed by atoms with Crippen LogP contribution in [0.5, 0.6) is 0 Å². The van der Waals surface area contributed by atoms with Crippen LogP contribution in [0, 0.1) is 0 Å². The van der Waals surface area contributed by atoms with E-state index < -0.39 is 0 Å². The number of hydrogen-bond donors (Lipinski definition) is 3. The summed E-state index contributed by atoms with van der Waals surface area (Å²) >= 11 is 0. The third kappa shape index (κ3) is 3.30. The summed E-state index contributed by atoms with van der Waals surface area (Å²) in [5.41, 5.74) is -0.126. The van der Waals surface area contributed by atoms with Crippen molar-refractivity contribution >= 4 is 5.95 Å². The molecule has 6 nitrogen and oxygen atoms in total. The van der Waals surface area contributed by atoms with E-state index in [9.17, 15) is 4.79 Å². The van der Waals surface area contributed by atoms with Gasteiger partial charge < -0.3 is 10.4 Å². The lowest BCUT2D eigenvalue weighted by atomic mass is 9.93. The van der Waals surface area contributed by atoms with Gasteiger partial charge in [0.15, 0.2) is 0 Å². The SMILES string of the molecule is CC(C)(C)c1nnc(NCCCO)[nH]c1=O. The highest BCUT2D eigenvalue weighted by atomic mass is 16.3. The normalized spacial score (nSPS) is 11.5. The Balaban J connectivity index is 2.80. The molecule has 1 rings (SSSR count). The number of aromatic nitrogens is 3. The Morgan fingerprint density at radius 2 is 2.06 bits per heavy atom. The standard InChI is InChI=1S/C10H18N4O2/c1-10(2,3)7-8(16)12-9(14-13-7)11-5-4-6-15/h15H,4-6H2,1-3H3,(H2,11,12,14,16). The average Bonchev–Trinajstić information content (AvgIpc) is 2.16. The van der Waals surface area contributed by atoms with Crippen molar-refractivity contribution in [2.75, 3.05) is 18.5 Å². The van der Waals surface area contributed by atoms with E-state index in [0.29, 0.717) is 24.6 Å². The molecule has 0 bridgehead atoms. The first-order valence-corrected chi connectivity index (χ1v) is 5.27. The Kier molecular flexibility index (Phi) is 4.00. The van der Waals surface area contributed by atoms with E-state index in [4.69, 9.17) is 5.11 Å². The largest absolute Gasteiger partial charge is 0.396 e. The zero-order valence-electron chi connectivity index (χ0n) is 9.87. The first-order chi connectivity index (χ1) is 7.45. The third-order valence-electron chi connectivity index (χ3n) is 2.03. The molecule has 1 aromatic rings. The molecule has 1 heterocycles. The summed E-state index contributed by atoms with van der Waals surface area (Å²) in [7, 11) is 0. The minimum Gasteiger partial charge on any atom is -0.396 e. The van der Waals surface area contributed by atoms with Gasteiger partial charge in [0.25, 0.3) is 5.56 Å². The molecule has 0 radical (unpaired) electrons. The second-order valence-electron chi connectivity index (χ2n) is 4.61. The van der Waals surface area contributed by atoms with Crippen molar-refractivity contribution in [2.45, 2.75) is 32.6 Å². The predicted octanol–water partition coefficient (Wildman–Crippen LogP) is 0.257. The van der Waals surface area contributed by atoms with Crippen LogP contribution in [0.3, 0.4) is 0 Å². The molecule has 0 saturated carbocycles. The fraction of sp³-hybridized carbons (Fsp3) is 0.700. The van der Waals surface area contributed by atoms with Crippen molar-refractivity contribution in [3.8, 4) is 0 Å². The minimum atomic E-state index is -0.315. The molecule has 0 aliphatic rings. The Labute approximate surface area is 94.1 Å². The van der Waals surface area contributed by atoms with Gasteiger partial charge in [-0.2, -0.15) is 0 Å². The highest BCUT2D eigenvalue weighted by molar-refractivity contribution is 5.22. The van der Waals surface area contributed by atoms with E-state index in [-0.39, 0.29) is 17.6 Å². The van der Waals surface area contributed by atoms with Gasteiger partial charge in [-0.25, -0.2) is 0 Å². The van der Waals surface area contributed by atoms with Crippen molar-refractivity contribution in [1.82, 2.24) is 15.2 Å². The number of nitrogens with one attached hydrogen (secondary N) is 2. The van der Waals surface area contributed by atoms with Gasteiger partial charge in [0.2, 0.25) is 5.95 Å². The molecule has 0 atom stereocenters. The van der Waals surface area contributed by atoms with E-state index in [1.54, 1.807) is 0 Å². The molecule has 90 valence electrons. The molecule has 0 spiro atoms. The Hall–Kier alpha value is -1.43. The lowest BCUT2D eigenvalue weighted by Gasteiger charge is -2.15. The zero-order chi connectivity index (χ0) is 12.2. The van der Waals surface area contributed by atoms with Gasteiger partial charge >= 0.3 is 0 Å². The summed E-state index contributed by atoms with van der Waals surface area (Å²) < 4.78 is 0. The molecule has 6 heteroatoms. The first-order valence-electron chi connectivity index (χ1n) is 5.27. The van der Waals surface area contributed by atoms with Crippen LogP contribution in [0.4, 0.5) is 5.95 Å². The summed E-state index contributed by atoms with van der Waals surface area (Å²) in [6, 6.07) is 0. The molecule has 0 saturated heterocycles. The van der Waals surface area contributed by atoms with Gasteiger partial charge in [0, 0.05) is 18.6 Å². The summed E-state index contributed by atoms with van der Waals surface area (Å²) in [6.45, 7) is 6.38. The number of H-pyrrole nitrogens is 1. The van der Waals surface area contributed by atoms with E-state index in [1.165, 1.54) is 0 Å². The van der Waals surface area contributed by atoms with E-state index >= 15 is 0 Å². The van der Waals surface area contributed by atoms with Crippen LogP contribution < -0.4 is 10.9 Å². The van der Waals surface area contributed by atoms with Crippen molar-refractivity contribution in [1.29, 1.82) is 0 Å². The van der Waals surface area contributed by atoms with Crippen LogP contribution >= 0.6 is 0 Å². The van der Waals surface area contributed by atoms with Crippen molar-refractivity contribution in [2.24, 2.45) is 0 Å². The van der Waals surface area contributed by atoms with E-state index in [1.807, 2.05) is 20.8 Å². The molecule has 0 unspecified atom stereocenters. The van der Waals surface area contributed by atoms with Crippen molar-refractivity contribution in [3.05, 3.63) is 16.0 Å². The number of hydrogen-bond acceptors (Lipinski definition) is 5. The maximum atomic E-state index is 11.7. The summed E-state index contributed by atoms with van der Waals surface area (Å²) in [6.07, 6.45) is 0.602. The smallest absolute Gasteiger partial charge is 0.274 e. The monoisotopic (exact) mass is 226 g/mol. The van der Waals surface area contributed by atoms with Crippen LogP contribution in [0.25, 0.3) is 0 Å². The van der Waals surface area contributed by atoms with E-state index in [2.05, 4.69) is 20.5 Å². The number of rotatable bonds is 4. The molecule has 0 fully saturated rings. The number of aliphatic hydroxyl groups is 1. The fourth-order valence-electron chi connectivity index (χ4n) is 1.19. The van der Waals surface area contributed by atoms with Crippen LogP contribution in [-0.2, 0) is 5.41 Å². The number of nitrogens with zero attached hydrogens (tertiary/aromatic N) is 2. The van der Waals surface area contributed by atoms with Crippen molar-refractivity contribution < 1.29 is 5.11 Å². The number of aromatic amines is 1. The number of anilines is 1. The molecule has 0 aliphatic carbocycles. The van der Waals surface area contributed by atoms with Gasteiger partial charge in [0.05, 0.1) is 0 Å². The quantitative estimate of drug-likeness (QED) is 0.640. The van der Waals surface area contributed by atoms with Crippen LogP contribution in [0.1, 0.15) is 32.9 Å². The summed E-state index contributed by atoms with van der Waals surface area (Å²) in [4.78, 5) is 14.3. The molecule has 0 aromatic carbocycles. The Bertz CT molecular complexity index is 395. The lowest BCUT2D eigenvalue weighted by molar-refractivity contribution is 0.292. The Morgan fingerprint density at radius 1 is 1.38 bits per heavy atom.